The molecule has 2 aromatic carbocycles. The van der Waals surface area contributed by atoms with Crippen LogP contribution in [0.2, 0.25) is 5.02 Å². The number of ether oxygens (including phenoxy) is 2. The minimum Gasteiger partial charge on any atom is -0.484 e. The summed E-state index contributed by atoms with van der Waals surface area (Å²) >= 11 is 5.83. The van der Waals surface area contributed by atoms with Crippen LogP contribution in [0, 0.1) is 6.92 Å². The molecule has 0 aliphatic rings. The maximum atomic E-state index is 12.7. The minimum absolute atomic E-state index is 0.165. The van der Waals surface area contributed by atoms with Crippen molar-refractivity contribution in [2.24, 2.45) is 0 Å². The molecule has 0 aliphatic heterocycles. The fraction of sp³-hybridized carbons (Fsp3) is 0.158. The summed E-state index contributed by atoms with van der Waals surface area (Å²) in [5.41, 5.74) is 1.56. The molecule has 128 valence electrons. The van der Waals surface area contributed by atoms with Crippen molar-refractivity contribution < 1.29 is 19.1 Å². The first-order chi connectivity index (χ1) is 12.0. The van der Waals surface area contributed by atoms with E-state index < -0.39 is 5.97 Å². The summed E-state index contributed by atoms with van der Waals surface area (Å²) in [5.74, 6) is -0.210. The Bertz CT molecular complexity index is 944. The monoisotopic (exact) mass is 357 g/mol. The number of esters is 1. The fourth-order valence-corrected chi connectivity index (χ4v) is 2.91. The Morgan fingerprint density at radius 1 is 1.08 bits per heavy atom. The lowest BCUT2D eigenvalue weighted by Crippen LogP contribution is -2.20. The van der Waals surface area contributed by atoms with E-state index in [2.05, 4.69) is 0 Å². The molecule has 0 aliphatic carbocycles. The Labute approximate surface area is 149 Å². The third kappa shape index (κ3) is 3.23. The number of hydrogen-bond acceptors (Lipinski definition) is 4. The predicted molar refractivity (Wildman–Crippen MR) is 95.6 cm³/mol. The number of fused-ring (bicyclic) bond motifs is 1. The zero-order valence-corrected chi connectivity index (χ0v) is 14.5. The topological polar surface area (TPSA) is 57.5 Å². The number of carbonyl (C=O) groups is 2. The molecule has 3 aromatic rings. The van der Waals surface area contributed by atoms with Crippen LogP contribution in [-0.2, 0) is 4.74 Å². The van der Waals surface area contributed by atoms with Crippen molar-refractivity contribution in [3.8, 4) is 5.75 Å². The van der Waals surface area contributed by atoms with Crippen LogP contribution >= 0.6 is 11.6 Å². The molecule has 0 N–H and O–H groups in total. The SMILES string of the molecule is COC(=O)c1c(C)n(C(=O)COc2ccc(Cl)cc2)c2ccccc12. The smallest absolute Gasteiger partial charge is 0.340 e. The van der Waals surface area contributed by atoms with Crippen molar-refractivity contribution in [1.29, 1.82) is 0 Å². The van der Waals surface area contributed by atoms with Gasteiger partial charge in [0.25, 0.3) is 5.91 Å². The summed E-state index contributed by atoms with van der Waals surface area (Å²) in [6.45, 7) is 1.55. The van der Waals surface area contributed by atoms with Gasteiger partial charge in [-0.2, -0.15) is 0 Å². The molecular weight excluding hydrogens is 342 g/mol. The van der Waals surface area contributed by atoms with Crippen molar-refractivity contribution in [3.05, 3.63) is 64.8 Å². The Hall–Kier alpha value is -2.79. The molecular formula is C19H16ClNO4. The van der Waals surface area contributed by atoms with Crippen LogP contribution in [0.25, 0.3) is 10.9 Å². The van der Waals surface area contributed by atoms with Crippen LogP contribution in [0.15, 0.2) is 48.5 Å². The van der Waals surface area contributed by atoms with Crippen molar-refractivity contribution in [3.63, 3.8) is 0 Å². The Kier molecular flexibility index (Phi) is 4.76. The van der Waals surface area contributed by atoms with Gasteiger partial charge in [0.2, 0.25) is 0 Å². The lowest BCUT2D eigenvalue weighted by Gasteiger charge is -2.09. The van der Waals surface area contributed by atoms with Crippen LogP contribution in [0.4, 0.5) is 0 Å². The summed E-state index contributed by atoms with van der Waals surface area (Å²) in [6, 6.07) is 14.0. The lowest BCUT2D eigenvalue weighted by molar-refractivity contribution is 0.0602. The second-order valence-electron chi connectivity index (χ2n) is 5.44. The highest BCUT2D eigenvalue weighted by Gasteiger charge is 2.23. The van der Waals surface area contributed by atoms with Gasteiger partial charge in [-0.1, -0.05) is 29.8 Å². The normalized spacial score (nSPS) is 10.7. The van der Waals surface area contributed by atoms with E-state index in [1.54, 1.807) is 43.3 Å². The molecule has 3 rings (SSSR count). The quantitative estimate of drug-likeness (QED) is 0.659. The molecule has 0 bridgehead atoms. The molecule has 0 fully saturated rings. The molecule has 0 radical (unpaired) electrons. The van der Waals surface area contributed by atoms with E-state index in [9.17, 15) is 9.59 Å². The minimum atomic E-state index is -0.473. The highest BCUT2D eigenvalue weighted by molar-refractivity contribution is 6.30. The zero-order valence-electron chi connectivity index (χ0n) is 13.8. The summed E-state index contributed by atoms with van der Waals surface area (Å²) < 4.78 is 11.9. The predicted octanol–water partition coefficient (Wildman–Crippen LogP) is 4.11. The average Bonchev–Trinajstić information content (AvgIpc) is 2.92. The zero-order chi connectivity index (χ0) is 18.0. The van der Waals surface area contributed by atoms with Crippen LogP contribution in [0.1, 0.15) is 20.8 Å². The molecule has 25 heavy (non-hydrogen) atoms. The molecule has 0 spiro atoms. The standard InChI is InChI=1S/C19H16ClNO4/c1-12-18(19(23)24-2)15-5-3-4-6-16(15)21(12)17(22)11-25-14-9-7-13(20)8-10-14/h3-10H,11H2,1-2H3. The van der Waals surface area contributed by atoms with Crippen LogP contribution in [-0.4, -0.2) is 30.2 Å². The number of rotatable bonds is 4. The molecule has 1 aromatic heterocycles. The number of para-hydroxylation sites is 1. The van der Waals surface area contributed by atoms with Crippen molar-refractivity contribution in [1.82, 2.24) is 4.57 Å². The van der Waals surface area contributed by atoms with Crippen molar-refractivity contribution >= 4 is 34.4 Å². The van der Waals surface area contributed by atoms with Crippen LogP contribution < -0.4 is 4.74 Å². The molecule has 0 atom stereocenters. The first kappa shape index (κ1) is 17.0. The second kappa shape index (κ2) is 6.99. The molecule has 0 saturated heterocycles. The molecule has 6 heteroatoms. The average molecular weight is 358 g/mol. The van der Waals surface area contributed by atoms with Crippen LogP contribution in [0.3, 0.4) is 0 Å². The van der Waals surface area contributed by atoms with E-state index in [-0.39, 0.29) is 12.5 Å². The second-order valence-corrected chi connectivity index (χ2v) is 5.88. The number of nitrogens with zero attached hydrogens (tertiary/aromatic N) is 1. The summed E-state index contributed by atoms with van der Waals surface area (Å²) in [5, 5.41) is 1.26. The first-order valence-corrected chi connectivity index (χ1v) is 8.00. The van der Waals surface area contributed by atoms with E-state index in [0.717, 1.165) is 0 Å². The first-order valence-electron chi connectivity index (χ1n) is 7.63. The van der Waals surface area contributed by atoms with Gasteiger partial charge in [0.15, 0.2) is 6.61 Å². The Balaban J connectivity index is 1.94. The van der Waals surface area contributed by atoms with E-state index in [1.165, 1.54) is 11.7 Å². The number of halogens is 1. The largest absolute Gasteiger partial charge is 0.484 e. The number of methoxy groups -OCH3 is 1. The van der Waals surface area contributed by atoms with Gasteiger partial charge in [0, 0.05) is 16.1 Å². The van der Waals surface area contributed by atoms with Gasteiger partial charge in [-0.15, -0.1) is 0 Å². The van der Waals surface area contributed by atoms with E-state index >= 15 is 0 Å². The van der Waals surface area contributed by atoms with Gasteiger partial charge >= 0.3 is 5.97 Å². The van der Waals surface area contributed by atoms with Crippen molar-refractivity contribution in [2.75, 3.05) is 13.7 Å². The van der Waals surface area contributed by atoms with Gasteiger partial charge in [-0.05, 0) is 37.3 Å². The molecule has 0 saturated carbocycles. The molecule has 5 nitrogen and oxygen atoms in total. The Morgan fingerprint density at radius 2 is 1.76 bits per heavy atom. The maximum absolute atomic E-state index is 12.7. The van der Waals surface area contributed by atoms with Gasteiger partial charge in [-0.3, -0.25) is 9.36 Å². The van der Waals surface area contributed by atoms with Gasteiger partial charge in [-0.25, -0.2) is 4.79 Å². The summed E-state index contributed by atoms with van der Waals surface area (Å²) in [4.78, 5) is 24.8. The molecule has 1 heterocycles. The van der Waals surface area contributed by atoms with E-state index in [1.807, 2.05) is 12.1 Å². The van der Waals surface area contributed by atoms with Gasteiger partial charge in [0.05, 0.1) is 18.2 Å². The Morgan fingerprint density at radius 3 is 2.44 bits per heavy atom. The summed E-state index contributed by atoms with van der Waals surface area (Å²) in [6.07, 6.45) is 0. The molecule has 0 amide bonds. The van der Waals surface area contributed by atoms with E-state index in [4.69, 9.17) is 21.1 Å². The fourth-order valence-electron chi connectivity index (χ4n) is 2.79. The third-order valence-corrected chi connectivity index (χ3v) is 4.18. The number of aromatic nitrogens is 1. The maximum Gasteiger partial charge on any atom is 0.340 e. The third-order valence-electron chi connectivity index (χ3n) is 3.93. The van der Waals surface area contributed by atoms with Crippen molar-refractivity contribution in [2.45, 2.75) is 6.92 Å². The van der Waals surface area contributed by atoms with Gasteiger partial charge in [0.1, 0.15) is 5.75 Å². The van der Waals surface area contributed by atoms with Gasteiger partial charge < -0.3 is 9.47 Å². The number of hydrogen-bond donors (Lipinski definition) is 0. The van der Waals surface area contributed by atoms with Crippen LogP contribution in [0.5, 0.6) is 5.75 Å². The molecule has 0 unspecified atom stereocenters. The van der Waals surface area contributed by atoms with E-state index in [0.29, 0.717) is 32.9 Å². The highest BCUT2D eigenvalue weighted by atomic mass is 35.5. The lowest BCUT2D eigenvalue weighted by atomic mass is 10.1. The number of carbonyl (C=O) groups excluding carboxylic acids is 2. The highest BCUT2D eigenvalue weighted by Crippen LogP contribution is 2.26. The number of benzene rings is 2. The summed E-state index contributed by atoms with van der Waals surface area (Å²) in [7, 11) is 1.32.